The largest absolute Gasteiger partial charge is 0.466 e. The van der Waals surface area contributed by atoms with Crippen LogP contribution in [0.15, 0.2) is 30.0 Å². The molecule has 1 aliphatic rings. The zero-order valence-corrected chi connectivity index (χ0v) is 14.1. The third-order valence-electron chi connectivity index (χ3n) is 3.77. The van der Waals surface area contributed by atoms with Crippen LogP contribution in [0.4, 0.5) is 11.4 Å². The van der Waals surface area contributed by atoms with E-state index >= 15 is 0 Å². The molecular weight excluding hydrogens is 312 g/mol. The summed E-state index contributed by atoms with van der Waals surface area (Å²) in [4.78, 5) is 35.0. The van der Waals surface area contributed by atoms with E-state index in [1.165, 1.54) is 14.2 Å². The zero-order valence-electron chi connectivity index (χ0n) is 14.1. The minimum atomic E-state index is -0.706. The number of hydrogen-bond acceptors (Lipinski definition) is 6. The summed E-state index contributed by atoms with van der Waals surface area (Å²) in [6, 6.07) is 5.36. The Balaban J connectivity index is 2.34. The fourth-order valence-corrected chi connectivity index (χ4v) is 2.59. The first kappa shape index (κ1) is 17.5. The van der Waals surface area contributed by atoms with Gasteiger partial charge < -0.3 is 20.1 Å². The summed E-state index contributed by atoms with van der Waals surface area (Å²) in [6.07, 6.45) is 1.41. The van der Waals surface area contributed by atoms with E-state index in [4.69, 9.17) is 0 Å². The van der Waals surface area contributed by atoms with Crippen molar-refractivity contribution in [1.82, 2.24) is 0 Å². The number of ether oxygens (including phenoxy) is 2. The molecule has 0 unspecified atom stereocenters. The van der Waals surface area contributed by atoms with Gasteiger partial charge in [-0.25, -0.2) is 9.59 Å². The van der Waals surface area contributed by atoms with E-state index in [9.17, 15) is 14.4 Å². The molecule has 1 aliphatic heterocycles. The van der Waals surface area contributed by atoms with Crippen LogP contribution in [0.1, 0.15) is 25.8 Å². The van der Waals surface area contributed by atoms with E-state index in [2.05, 4.69) is 20.1 Å². The van der Waals surface area contributed by atoms with Gasteiger partial charge in [-0.05, 0) is 17.7 Å². The van der Waals surface area contributed by atoms with Crippen LogP contribution >= 0.6 is 0 Å². The predicted octanol–water partition coefficient (Wildman–Crippen LogP) is 1.95. The Bertz CT molecular complexity index is 722. The fourth-order valence-electron chi connectivity index (χ4n) is 2.59. The van der Waals surface area contributed by atoms with Crippen LogP contribution in [0, 0.1) is 0 Å². The van der Waals surface area contributed by atoms with Crippen LogP contribution in [0.2, 0.25) is 0 Å². The van der Waals surface area contributed by atoms with Crippen LogP contribution in [-0.2, 0) is 29.3 Å². The lowest BCUT2D eigenvalue weighted by Crippen LogP contribution is -2.32. The van der Waals surface area contributed by atoms with Crippen LogP contribution in [-0.4, -0.2) is 32.1 Å². The lowest BCUT2D eigenvalue weighted by Gasteiger charge is -2.32. The number of hydrogen-bond donors (Lipinski definition) is 2. The number of esters is 2. The number of rotatable bonds is 4. The van der Waals surface area contributed by atoms with Gasteiger partial charge in [0.15, 0.2) is 0 Å². The Hall–Kier alpha value is -2.83. The van der Waals surface area contributed by atoms with Crippen molar-refractivity contribution in [3.63, 3.8) is 0 Å². The summed E-state index contributed by atoms with van der Waals surface area (Å²) in [7, 11) is 2.43. The number of nitrogens with one attached hydrogen (secondary N) is 2. The van der Waals surface area contributed by atoms with E-state index in [1.807, 2.05) is 19.9 Å². The lowest BCUT2D eigenvalue weighted by atomic mass is 9.78. The van der Waals surface area contributed by atoms with Gasteiger partial charge in [0.1, 0.15) is 5.70 Å². The van der Waals surface area contributed by atoms with E-state index in [0.29, 0.717) is 17.8 Å². The van der Waals surface area contributed by atoms with Gasteiger partial charge >= 0.3 is 11.9 Å². The summed E-state index contributed by atoms with van der Waals surface area (Å²) in [6.45, 7) is 3.99. The third-order valence-corrected chi connectivity index (χ3v) is 3.77. The zero-order chi connectivity index (χ0) is 17.9. The molecule has 0 radical (unpaired) electrons. The summed E-state index contributed by atoms with van der Waals surface area (Å²) < 4.78 is 9.17. The Morgan fingerprint density at radius 3 is 2.58 bits per heavy atom. The first-order valence-electron chi connectivity index (χ1n) is 7.36. The number of carbonyl (C=O) groups is 3. The second-order valence-electron chi connectivity index (χ2n) is 6.07. The minimum absolute atomic E-state index is 0.0642. The predicted molar refractivity (Wildman–Crippen MR) is 88.5 cm³/mol. The molecule has 1 amide bonds. The lowest BCUT2D eigenvalue weighted by molar-refractivity contribution is -0.138. The smallest absolute Gasteiger partial charge is 0.354 e. The molecular formula is C17H20N2O5. The summed E-state index contributed by atoms with van der Waals surface area (Å²) in [5.74, 6) is -1.46. The molecule has 1 aromatic carbocycles. The second-order valence-corrected chi connectivity index (χ2v) is 6.07. The highest BCUT2D eigenvalue weighted by molar-refractivity contribution is 5.99. The number of amides is 1. The molecule has 24 heavy (non-hydrogen) atoms. The fraction of sp³-hybridized carbons (Fsp3) is 0.353. The van der Waals surface area contributed by atoms with Crippen LogP contribution < -0.4 is 10.6 Å². The Kier molecular flexibility index (Phi) is 4.92. The highest BCUT2D eigenvalue weighted by Crippen LogP contribution is 2.38. The van der Waals surface area contributed by atoms with Gasteiger partial charge in [0.25, 0.3) is 0 Å². The van der Waals surface area contributed by atoms with E-state index in [-0.39, 0.29) is 17.0 Å². The molecule has 2 rings (SSSR count). The van der Waals surface area contributed by atoms with E-state index in [0.717, 1.165) is 11.6 Å². The Morgan fingerprint density at radius 2 is 1.96 bits per heavy atom. The number of benzene rings is 1. The van der Waals surface area contributed by atoms with Gasteiger partial charge in [0.05, 0.1) is 20.3 Å². The molecule has 1 aromatic rings. The molecule has 1 heterocycles. The first-order valence-corrected chi connectivity index (χ1v) is 7.36. The van der Waals surface area contributed by atoms with Crippen molar-refractivity contribution >= 4 is 29.2 Å². The first-order chi connectivity index (χ1) is 11.3. The number of fused-ring (bicyclic) bond motifs is 1. The Labute approximate surface area is 140 Å². The highest BCUT2D eigenvalue weighted by atomic mass is 16.5. The molecule has 0 aromatic heterocycles. The molecule has 0 fully saturated rings. The summed E-state index contributed by atoms with van der Waals surface area (Å²) in [5, 5.41) is 5.64. The van der Waals surface area contributed by atoms with Crippen molar-refractivity contribution in [3.8, 4) is 0 Å². The van der Waals surface area contributed by atoms with Crippen molar-refractivity contribution in [2.45, 2.75) is 25.7 Å². The standard InChI is InChI=1S/C17H20N2O5/c1-17(2)9-14(20)19-12-7-10(5-6-11(12)17)18-13(16(22)24-4)8-15(21)23-3/h5-8,18H,9H2,1-4H3,(H,19,20)/b13-8+. The molecule has 0 spiro atoms. The molecule has 0 saturated heterocycles. The van der Waals surface area contributed by atoms with Gasteiger partial charge in [-0.2, -0.15) is 0 Å². The quantitative estimate of drug-likeness (QED) is 0.646. The van der Waals surface area contributed by atoms with Crippen molar-refractivity contribution in [2.75, 3.05) is 24.9 Å². The van der Waals surface area contributed by atoms with Crippen molar-refractivity contribution in [3.05, 3.63) is 35.5 Å². The van der Waals surface area contributed by atoms with Crippen LogP contribution in [0.25, 0.3) is 0 Å². The number of anilines is 2. The van der Waals surface area contributed by atoms with Gasteiger partial charge in [-0.3, -0.25) is 4.79 Å². The molecule has 2 N–H and O–H groups in total. The maximum atomic E-state index is 11.8. The average molecular weight is 332 g/mol. The summed E-state index contributed by atoms with van der Waals surface area (Å²) in [5.41, 5.74) is 1.87. The summed E-state index contributed by atoms with van der Waals surface area (Å²) >= 11 is 0. The van der Waals surface area contributed by atoms with Gasteiger partial charge in [0.2, 0.25) is 5.91 Å². The molecule has 7 nitrogen and oxygen atoms in total. The van der Waals surface area contributed by atoms with E-state index in [1.54, 1.807) is 12.1 Å². The van der Waals surface area contributed by atoms with E-state index < -0.39 is 11.9 Å². The number of methoxy groups -OCH3 is 2. The maximum absolute atomic E-state index is 11.8. The number of carbonyl (C=O) groups excluding carboxylic acids is 3. The van der Waals surface area contributed by atoms with Crippen LogP contribution in [0.5, 0.6) is 0 Å². The maximum Gasteiger partial charge on any atom is 0.354 e. The SMILES string of the molecule is COC(=O)/C=C(/Nc1ccc2c(c1)NC(=O)CC2(C)C)C(=O)OC. The normalized spacial score (nSPS) is 15.8. The van der Waals surface area contributed by atoms with Crippen molar-refractivity contribution in [1.29, 1.82) is 0 Å². The molecule has 0 aliphatic carbocycles. The molecule has 7 heteroatoms. The van der Waals surface area contributed by atoms with Crippen molar-refractivity contribution in [2.24, 2.45) is 0 Å². The van der Waals surface area contributed by atoms with Gasteiger partial charge in [-0.1, -0.05) is 19.9 Å². The molecule has 0 saturated carbocycles. The minimum Gasteiger partial charge on any atom is -0.466 e. The van der Waals surface area contributed by atoms with Crippen LogP contribution in [0.3, 0.4) is 0 Å². The Morgan fingerprint density at radius 1 is 1.25 bits per heavy atom. The third kappa shape index (κ3) is 3.73. The average Bonchev–Trinajstić information content (AvgIpc) is 2.51. The van der Waals surface area contributed by atoms with Gasteiger partial charge in [0, 0.05) is 23.2 Å². The monoisotopic (exact) mass is 332 g/mol. The molecule has 128 valence electrons. The molecule has 0 atom stereocenters. The molecule has 0 bridgehead atoms. The topological polar surface area (TPSA) is 93.7 Å². The van der Waals surface area contributed by atoms with Crippen molar-refractivity contribution < 1.29 is 23.9 Å². The second kappa shape index (κ2) is 6.74. The van der Waals surface area contributed by atoms with Gasteiger partial charge in [-0.15, -0.1) is 0 Å². The highest BCUT2D eigenvalue weighted by Gasteiger charge is 2.31.